The minimum absolute atomic E-state index is 0.148. The van der Waals surface area contributed by atoms with Crippen LogP contribution >= 0.6 is 11.6 Å². The molecule has 8 nitrogen and oxygen atoms in total. The van der Waals surface area contributed by atoms with Gasteiger partial charge in [0.2, 0.25) is 10.0 Å². The first kappa shape index (κ1) is 36.1. The van der Waals surface area contributed by atoms with Crippen molar-refractivity contribution in [1.82, 2.24) is 14.9 Å². The van der Waals surface area contributed by atoms with Gasteiger partial charge in [-0.15, -0.1) is 0 Å². The predicted molar refractivity (Wildman–Crippen MR) is 184 cm³/mol. The highest BCUT2D eigenvalue weighted by Gasteiger charge is 2.38. The molecule has 49 heavy (non-hydrogen) atoms. The zero-order valence-corrected chi connectivity index (χ0v) is 28.7. The van der Waals surface area contributed by atoms with Crippen LogP contribution in [0, 0.1) is 11.6 Å². The summed E-state index contributed by atoms with van der Waals surface area (Å²) in [5, 5.41) is 6.37. The zero-order valence-electron chi connectivity index (χ0n) is 27.1. The summed E-state index contributed by atoms with van der Waals surface area (Å²) >= 11 is 6.14. The Labute approximate surface area is 290 Å². The third-order valence-corrected chi connectivity index (χ3v) is 11.1. The number of rotatable bonds is 12. The molecule has 1 heterocycles. The molecule has 0 aromatic heterocycles. The van der Waals surface area contributed by atoms with Crippen molar-refractivity contribution in [3.8, 4) is 0 Å². The number of hydrogen-bond acceptors (Lipinski definition) is 6. The van der Waals surface area contributed by atoms with E-state index in [-0.39, 0.29) is 35.8 Å². The fraction of sp³-hybridized carbons (Fsp3) is 0.297. The van der Waals surface area contributed by atoms with Crippen molar-refractivity contribution >= 4 is 33.5 Å². The molecule has 2 N–H and O–H groups in total. The number of amides is 1. The van der Waals surface area contributed by atoms with E-state index in [0.717, 1.165) is 0 Å². The van der Waals surface area contributed by atoms with E-state index in [4.69, 9.17) is 16.3 Å². The van der Waals surface area contributed by atoms with Gasteiger partial charge in [0.1, 0.15) is 17.7 Å². The SMILES string of the molecule is COC(=O)N[C@H](C(=O)Cc1cccc(F)c1CC[C@H]1CNC[C@H](C)N1S(=O)(=O)c1ccccc1)[C@@H](c1ccc(Cl)cc1)c1cccc(F)c1. The second-order valence-electron chi connectivity index (χ2n) is 12.1. The van der Waals surface area contributed by atoms with Gasteiger partial charge in [-0.3, -0.25) is 4.79 Å². The fourth-order valence-electron chi connectivity index (χ4n) is 6.52. The van der Waals surface area contributed by atoms with Crippen LogP contribution in [-0.2, 0) is 32.4 Å². The number of methoxy groups -OCH3 is 1. The monoisotopic (exact) mass is 709 g/mol. The number of piperazine rings is 1. The minimum Gasteiger partial charge on any atom is -0.453 e. The number of alkyl carbamates (subject to hydrolysis) is 1. The average molecular weight is 710 g/mol. The van der Waals surface area contributed by atoms with Gasteiger partial charge in [0.25, 0.3) is 0 Å². The van der Waals surface area contributed by atoms with Gasteiger partial charge in [-0.25, -0.2) is 22.0 Å². The Balaban J connectivity index is 1.45. The molecule has 0 saturated carbocycles. The lowest BCUT2D eigenvalue weighted by Gasteiger charge is -2.40. The second kappa shape index (κ2) is 16.0. The van der Waals surface area contributed by atoms with Crippen LogP contribution in [0.3, 0.4) is 0 Å². The van der Waals surface area contributed by atoms with Crippen LogP contribution in [-0.4, -0.2) is 62.9 Å². The van der Waals surface area contributed by atoms with Gasteiger partial charge in [0.15, 0.2) is 5.78 Å². The molecular weight excluding hydrogens is 672 g/mol. The molecule has 0 spiro atoms. The Morgan fingerprint density at radius 1 is 0.959 bits per heavy atom. The van der Waals surface area contributed by atoms with Crippen molar-refractivity contribution in [2.24, 2.45) is 0 Å². The minimum atomic E-state index is -3.84. The van der Waals surface area contributed by atoms with Crippen LogP contribution in [0.4, 0.5) is 13.6 Å². The number of halogens is 3. The summed E-state index contributed by atoms with van der Waals surface area (Å²) in [5.41, 5.74) is 1.68. The molecular formula is C37H38ClF2N3O5S. The Bertz CT molecular complexity index is 1880. The van der Waals surface area contributed by atoms with Gasteiger partial charge in [0, 0.05) is 42.5 Å². The fourth-order valence-corrected chi connectivity index (χ4v) is 8.51. The number of carbonyl (C=O) groups is 2. The maximum atomic E-state index is 15.6. The molecule has 4 aromatic rings. The standard InChI is InChI=1S/C37H38ClF2N3O5S/c1-24-22-41-23-30(43(24)49(46,47)31-11-4-3-5-12-31)18-19-32-26(8-7-13-33(32)40)21-34(44)36(42-37(45)48-2)35(25-14-16-28(38)17-15-25)27-9-6-10-29(39)20-27/h3-17,20,24,30,35-36,41H,18-19,21-23H2,1-2H3,(H,42,45)/t24-,30-,35-,36+/m0/s1. The maximum absolute atomic E-state index is 15.6. The van der Waals surface area contributed by atoms with Crippen molar-refractivity contribution in [2.45, 2.75) is 55.1 Å². The molecule has 1 aliphatic heterocycles. The first-order chi connectivity index (χ1) is 23.5. The van der Waals surface area contributed by atoms with E-state index in [2.05, 4.69) is 10.6 Å². The second-order valence-corrected chi connectivity index (χ2v) is 14.3. The maximum Gasteiger partial charge on any atom is 0.407 e. The molecule has 1 aliphatic rings. The van der Waals surface area contributed by atoms with Crippen LogP contribution in [0.2, 0.25) is 5.02 Å². The van der Waals surface area contributed by atoms with Gasteiger partial charge in [-0.1, -0.05) is 66.2 Å². The molecule has 4 atom stereocenters. The van der Waals surface area contributed by atoms with Crippen molar-refractivity contribution < 1.29 is 31.5 Å². The highest BCUT2D eigenvalue weighted by Crippen LogP contribution is 2.32. The van der Waals surface area contributed by atoms with Crippen LogP contribution in [0.1, 0.15) is 41.5 Å². The highest BCUT2D eigenvalue weighted by molar-refractivity contribution is 7.89. The van der Waals surface area contributed by atoms with Crippen molar-refractivity contribution in [1.29, 1.82) is 0 Å². The quantitative estimate of drug-likeness (QED) is 0.180. The molecule has 0 bridgehead atoms. The summed E-state index contributed by atoms with van der Waals surface area (Å²) in [7, 11) is -2.67. The molecule has 258 valence electrons. The highest BCUT2D eigenvalue weighted by atomic mass is 35.5. The normalized spacial score (nSPS) is 18.0. The number of ether oxygens (including phenoxy) is 1. The van der Waals surface area contributed by atoms with E-state index >= 15 is 4.39 Å². The van der Waals surface area contributed by atoms with E-state index in [9.17, 15) is 22.4 Å². The van der Waals surface area contributed by atoms with Crippen LogP contribution in [0.5, 0.6) is 0 Å². The van der Waals surface area contributed by atoms with Gasteiger partial charge >= 0.3 is 6.09 Å². The predicted octanol–water partition coefficient (Wildman–Crippen LogP) is 6.27. The molecule has 1 fully saturated rings. The number of ketones is 1. The van der Waals surface area contributed by atoms with E-state index in [1.807, 2.05) is 6.92 Å². The molecule has 0 radical (unpaired) electrons. The van der Waals surface area contributed by atoms with E-state index in [1.165, 1.54) is 41.7 Å². The van der Waals surface area contributed by atoms with Crippen LogP contribution < -0.4 is 10.6 Å². The molecule has 4 aromatic carbocycles. The number of nitrogens with zero attached hydrogens (tertiary/aromatic N) is 1. The number of hydrogen-bond donors (Lipinski definition) is 2. The largest absolute Gasteiger partial charge is 0.453 e. The summed E-state index contributed by atoms with van der Waals surface area (Å²) in [5.74, 6) is -2.37. The molecule has 12 heteroatoms. The van der Waals surface area contributed by atoms with Gasteiger partial charge < -0.3 is 15.4 Å². The number of benzene rings is 4. The van der Waals surface area contributed by atoms with E-state index < -0.39 is 51.5 Å². The third kappa shape index (κ3) is 8.53. The van der Waals surface area contributed by atoms with Gasteiger partial charge in [0.05, 0.1) is 12.0 Å². The smallest absolute Gasteiger partial charge is 0.407 e. The molecule has 1 saturated heterocycles. The number of nitrogens with one attached hydrogen (secondary N) is 2. The van der Waals surface area contributed by atoms with E-state index in [0.29, 0.717) is 34.8 Å². The van der Waals surface area contributed by atoms with Gasteiger partial charge in [-0.05, 0) is 84.5 Å². The summed E-state index contributed by atoms with van der Waals surface area (Å²) in [6.07, 6.45) is -0.709. The Hall–Kier alpha value is -4.16. The van der Waals surface area contributed by atoms with Crippen LogP contribution in [0.25, 0.3) is 0 Å². The summed E-state index contributed by atoms with van der Waals surface area (Å²) in [6.45, 7) is 2.67. The Kier molecular flexibility index (Phi) is 11.8. The van der Waals surface area contributed by atoms with E-state index in [1.54, 1.807) is 66.7 Å². The zero-order chi connectivity index (χ0) is 35.1. The Morgan fingerprint density at radius 2 is 1.67 bits per heavy atom. The number of Topliss-reactive ketones (excluding diaryl/α,β-unsaturated/α-hetero) is 1. The van der Waals surface area contributed by atoms with Crippen molar-refractivity contribution in [3.63, 3.8) is 0 Å². The van der Waals surface area contributed by atoms with Crippen molar-refractivity contribution in [2.75, 3.05) is 20.2 Å². The molecule has 0 unspecified atom stereocenters. The first-order valence-electron chi connectivity index (χ1n) is 15.9. The lowest BCUT2D eigenvalue weighted by atomic mass is 9.81. The number of sulfonamides is 1. The topological polar surface area (TPSA) is 105 Å². The Morgan fingerprint density at radius 3 is 2.37 bits per heavy atom. The van der Waals surface area contributed by atoms with Crippen LogP contribution in [0.15, 0.2) is 102 Å². The molecule has 0 aliphatic carbocycles. The van der Waals surface area contributed by atoms with Crippen molar-refractivity contribution in [3.05, 3.63) is 136 Å². The van der Waals surface area contributed by atoms with Gasteiger partial charge in [-0.2, -0.15) is 4.31 Å². The summed E-state index contributed by atoms with van der Waals surface area (Å²) in [4.78, 5) is 27.0. The summed E-state index contributed by atoms with van der Waals surface area (Å²) in [6, 6.07) is 23.0. The molecule has 1 amide bonds. The summed E-state index contributed by atoms with van der Waals surface area (Å²) < 4.78 is 63.9. The first-order valence-corrected chi connectivity index (χ1v) is 17.7. The average Bonchev–Trinajstić information content (AvgIpc) is 3.08. The lowest BCUT2D eigenvalue weighted by molar-refractivity contribution is -0.120. The lowest BCUT2D eigenvalue weighted by Crippen LogP contribution is -2.58. The number of carbonyl (C=O) groups excluding carboxylic acids is 2. The molecule has 5 rings (SSSR count). The third-order valence-electron chi connectivity index (χ3n) is 8.82.